The van der Waals surface area contributed by atoms with Gasteiger partial charge in [0, 0.05) is 17.6 Å². The zero-order chi connectivity index (χ0) is 22.3. The van der Waals surface area contributed by atoms with Crippen molar-refractivity contribution in [3.05, 3.63) is 63.6 Å². The average molecular weight is 475 g/mol. The highest BCUT2D eigenvalue weighted by Gasteiger charge is 2.26. The summed E-state index contributed by atoms with van der Waals surface area (Å²) in [5.74, 6) is 0.616. The molecule has 0 aliphatic rings. The molecule has 162 valence electrons. The Morgan fingerprint density at radius 2 is 1.73 bits per heavy atom. The van der Waals surface area contributed by atoms with E-state index in [1.165, 1.54) is 0 Å². The number of carbonyl (C=O) groups is 2. The first-order chi connectivity index (χ1) is 14.2. The molecule has 5 nitrogen and oxygen atoms in total. The number of nitrogens with zero attached hydrogens (tertiary/aromatic N) is 1. The molecule has 0 unspecified atom stereocenters. The smallest absolute Gasteiger partial charge is 0.261 e. The van der Waals surface area contributed by atoms with E-state index in [2.05, 4.69) is 21.2 Å². The first-order valence-corrected chi connectivity index (χ1v) is 11.0. The van der Waals surface area contributed by atoms with E-state index in [1.807, 2.05) is 70.2 Å². The van der Waals surface area contributed by atoms with Crippen LogP contribution in [0.5, 0.6) is 5.75 Å². The lowest BCUT2D eigenvalue weighted by molar-refractivity contribution is -0.142. The molecule has 0 saturated carbocycles. The van der Waals surface area contributed by atoms with Crippen molar-refractivity contribution in [1.29, 1.82) is 0 Å². The minimum Gasteiger partial charge on any atom is -0.483 e. The highest BCUT2D eigenvalue weighted by atomic mass is 79.9. The second-order valence-electron chi connectivity index (χ2n) is 8.02. The van der Waals surface area contributed by atoms with Crippen LogP contribution in [0, 0.1) is 19.8 Å². The second-order valence-corrected chi connectivity index (χ2v) is 8.94. The summed E-state index contributed by atoms with van der Waals surface area (Å²) in [6.45, 7) is 10.6. The van der Waals surface area contributed by atoms with E-state index in [0.29, 0.717) is 24.8 Å². The maximum absolute atomic E-state index is 13.1. The normalized spacial score (nSPS) is 11.8. The van der Waals surface area contributed by atoms with Crippen LogP contribution in [0.15, 0.2) is 46.9 Å². The lowest BCUT2D eigenvalue weighted by atomic mass is 10.1. The average Bonchev–Trinajstić information content (AvgIpc) is 2.70. The number of hydrogen-bond donors (Lipinski definition) is 1. The predicted molar refractivity (Wildman–Crippen MR) is 123 cm³/mol. The number of ether oxygens (including phenoxy) is 1. The van der Waals surface area contributed by atoms with E-state index in [-0.39, 0.29) is 18.4 Å². The molecule has 1 N–H and O–H groups in total. The molecule has 0 heterocycles. The maximum Gasteiger partial charge on any atom is 0.261 e. The lowest BCUT2D eigenvalue weighted by Gasteiger charge is -2.29. The number of halogens is 1. The molecule has 2 rings (SSSR count). The Morgan fingerprint density at radius 3 is 2.33 bits per heavy atom. The molecule has 30 heavy (non-hydrogen) atoms. The van der Waals surface area contributed by atoms with Crippen LogP contribution in [0.4, 0.5) is 0 Å². The summed E-state index contributed by atoms with van der Waals surface area (Å²) in [5, 5.41) is 2.92. The molecule has 0 aliphatic carbocycles. The van der Waals surface area contributed by atoms with Crippen molar-refractivity contribution in [2.45, 2.75) is 47.2 Å². The predicted octanol–water partition coefficient (Wildman–Crippen LogP) is 4.63. The number of rotatable bonds is 9. The Balaban J connectivity index is 2.14. The highest BCUT2D eigenvalue weighted by molar-refractivity contribution is 9.10. The van der Waals surface area contributed by atoms with Gasteiger partial charge in [0.05, 0.1) is 0 Å². The monoisotopic (exact) mass is 474 g/mol. The van der Waals surface area contributed by atoms with Crippen LogP contribution in [0.1, 0.15) is 37.5 Å². The fraction of sp³-hybridized carbons (Fsp3) is 0.417. The van der Waals surface area contributed by atoms with Crippen molar-refractivity contribution in [2.75, 3.05) is 13.2 Å². The Kier molecular flexibility index (Phi) is 8.90. The van der Waals surface area contributed by atoms with Crippen molar-refractivity contribution in [1.82, 2.24) is 10.2 Å². The SMILES string of the molecule is Cc1ccc(OCC(=O)N(Cc2ccc(Br)cc2)[C@H](C)C(=O)NCC(C)C)c(C)c1. The third kappa shape index (κ3) is 7.17. The summed E-state index contributed by atoms with van der Waals surface area (Å²) >= 11 is 3.42. The Labute approximate surface area is 187 Å². The molecular formula is C24H31BrN2O3. The van der Waals surface area contributed by atoms with E-state index in [0.717, 1.165) is 21.2 Å². The highest BCUT2D eigenvalue weighted by Crippen LogP contribution is 2.19. The Bertz CT molecular complexity index is 865. The van der Waals surface area contributed by atoms with E-state index in [1.54, 1.807) is 11.8 Å². The molecule has 0 fully saturated rings. The van der Waals surface area contributed by atoms with Crippen LogP contribution in [0.25, 0.3) is 0 Å². The van der Waals surface area contributed by atoms with Gasteiger partial charge in [0.15, 0.2) is 6.61 Å². The van der Waals surface area contributed by atoms with Gasteiger partial charge < -0.3 is 15.0 Å². The fourth-order valence-electron chi connectivity index (χ4n) is 3.01. The van der Waals surface area contributed by atoms with Gasteiger partial charge in [-0.05, 0) is 56.0 Å². The molecule has 2 aromatic rings. The zero-order valence-corrected chi connectivity index (χ0v) is 20.0. The number of carbonyl (C=O) groups excluding carboxylic acids is 2. The van der Waals surface area contributed by atoms with E-state index >= 15 is 0 Å². The molecule has 0 aromatic heterocycles. The van der Waals surface area contributed by atoms with Crippen LogP contribution in [-0.4, -0.2) is 35.9 Å². The fourth-order valence-corrected chi connectivity index (χ4v) is 3.27. The minimum atomic E-state index is -0.609. The zero-order valence-electron chi connectivity index (χ0n) is 18.4. The number of nitrogens with one attached hydrogen (secondary N) is 1. The van der Waals surface area contributed by atoms with Gasteiger partial charge in [0.25, 0.3) is 5.91 Å². The minimum absolute atomic E-state index is 0.123. The molecule has 0 saturated heterocycles. The van der Waals surface area contributed by atoms with Crippen LogP contribution in [0.3, 0.4) is 0 Å². The van der Waals surface area contributed by atoms with Crippen LogP contribution < -0.4 is 10.1 Å². The van der Waals surface area contributed by atoms with E-state index < -0.39 is 6.04 Å². The van der Waals surface area contributed by atoms with Gasteiger partial charge in [0.1, 0.15) is 11.8 Å². The standard InChI is InChI=1S/C24H31BrN2O3/c1-16(2)13-26-24(29)19(5)27(14-20-7-9-21(25)10-8-20)23(28)15-30-22-11-6-17(3)12-18(22)4/h6-12,16,19H,13-15H2,1-5H3,(H,26,29)/t19-/m1/s1. The molecule has 6 heteroatoms. The van der Waals surface area contributed by atoms with Crippen LogP contribution in [0.2, 0.25) is 0 Å². The molecule has 0 radical (unpaired) electrons. The molecule has 0 spiro atoms. The number of hydrogen-bond acceptors (Lipinski definition) is 3. The first-order valence-electron chi connectivity index (χ1n) is 10.2. The molecule has 2 amide bonds. The van der Waals surface area contributed by atoms with Gasteiger partial charge in [0.2, 0.25) is 5.91 Å². The number of aryl methyl sites for hydroxylation is 2. The molecule has 1 atom stereocenters. The lowest BCUT2D eigenvalue weighted by Crippen LogP contribution is -2.49. The van der Waals surface area contributed by atoms with Crippen LogP contribution >= 0.6 is 15.9 Å². The number of amides is 2. The van der Waals surface area contributed by atoms with Crippen molar-refractivity contribution in [3.8, 4) is 5.75 Å². The third-order valence-corrected chi connectivity index (χ3v) is 5.33. The van der Waals surface area contributed by atoms with Crippen molar-refractivity contribution >= 4 is 27.7 Å². The van der Waals surface area contributed by atoms with Crippen LogP contribution in [-0.2, 0) is 16.1 Å². The summed E-state index contributed by atoms with van der Waals surface area (Å²) in [7, 11) is 0. The summed E-state index contributed by atoms with van der Waals surface area (Å²) in [6, 6.07) is 13.0. The molecular weight excluding hydrogens is 444 g/mol. The van der Waals surface area contributed by atoms with Crippen molar-refractivity contribution in [2.24, 2.45) is 5.92 Å². The van der Waals surface area contributed by atoms with Crippen molar-refractivity contribution < 1.29 is 14.3 Å². The second kappa shape index (κ2) is 11.2. The molecule has 0 bridgehead atoms. The topological polar surface area (TPSA) is 58.6 Å². The van der Waals surface area contributed by atoms with E-state index in [9.17, 15) is 9.59 Å². The third-order valence-electron chi connectivity index (χ3n) is 4.80. The first kappa shape index (κ1) is 23.9. The summed E-state index contributed by atoms with van der Waals surface area (Å²) < 4.78 is 6.75. The van der Waals surface area contributed by atoms with Gasteiger partial charge in [-0.2, -0.15) is 0 Å². The maximum atomic E-state index is 13.1. The van der Waals surface area contributed by atoms with Gasteiger partial charge in [-0.15, -0.1) is 0 Å². The van der Waals surface area contributed by atoms with Gasteiger partial charge in [-0.25, -0.2) is 0 Å². The molecule has 0 aliphatic heterocycles. The summed E-state index contributed by atoms with van der Waals surface area (Å²) in [6.07, 6.45) is 0. The Hall–Kier alpha value is -2.34. The summed E-state index contributed by atoms with van der Waals surface area (Å²) in [4.78, 5) is 27.3. The summed E-state index contributed by atoms with van der Waals surface area (Å²) in [5.41, 5.74) is 3.06. The van der Waals surface area contributed by atoms with Gasteiger partial charge in [-0.3, -0.25) is 9.59 Å². The molecule has 2 aromatic carbocycles. The Morgan fingerprint density at radius 1 is 1.07 bits per heavy atom. The van der Waals surface area contributed by atoms with Gasteiger partial charge >= 0.3 is 0 Å². The van der Waals surface area contributed by atoms with Gasteiger partial charge in [-0.1, -0.05) is 59.6 Å². The van der Waals surface area contributed by atoms with Crippen molar-refractivity contribution in [3.63, 3.8) is 0 Å². The quantitative estimate of drug-likeness (QED) is 0.575. The largest absolute Gasteiger partial charge is 0.483 e. The number of benzene rings is 2. The van der Waals surface area contributed by atoms with E-state index in [4.69, 9.17) is 4.74 Å².